The molecular formula is C21H26N2O4S. The van der Waals surface area contributed by atoms with E-state index in [2.05, 4.69) is 28.7 Å². The molecule has 0 saturated heterocycles. The molecule has 0 unspecified atom stereocenters. The van der Waals surface area contributed by atoms with Crippen LogP contribution in [0.3, 0.4) is 0 Å². The number of ether oxygens (including phenoxy) is 1. The average molecular weight is 403 g/mol. The molecule has 7 heteroatoms. The van der Waals surface area contributed by atoms with Crippen LogP contribution in [0, 0.1) is 6.92 Å². The number of para-hydroxylation sites is 1. The maximum Gasteiger partial charge on any atom is 0.338 e. The quantitative estimate of drug-likeness (QED) is 0.569. The molecule has 0 spiro atoms. The van der Waals surface area contributed by atoms with Crippen LogP contribution in [0.5, 0.6) is 0 Å². The molecule has 0 aliphatic carbocycles. The number of anilines is 1. The summed E-state index contributed by atoms with van der Waals surface area (Å²) < 4.78 is 32.5. The Morgan fingerprint density at radius 2 is 2.00 bits per heavy atom. The normalized spacial score (nSPS) is 16.1. The minimum Gasteiger partial charge on any atom is -0.465 e. The molecule has 1 aliphatic rings. The van der Waals surface area contributed by atoms with Crippen LogP contribution in [-0.4, -0.2) is 40.6 Å². The molecule has 28 heavy (non-hydrogen) atoms. The highest BCUT2D eigenvalue weighted by Gasteiger charge is 2.25. The number of hydrogen-bond donors (Lipinski definition) is 1. The number of benzene rings is 2. The van der Waals surface area contributed by atoms with E-state index in [1.807, 2.05) is 12.1 Å². The minimum absolute atomic E-state index is 0.0680. The number of carbonyl (C=O) groups is 1. The zero-order chi connectivity index (χ0) is 20.3. The molecule has 1 aliphatic heterocycles. The highest BCUT2D eigenvalue weighted by Crippen LogP contribution is 2.31. The predicted molar refractivity (Wildman–Crippen MR) is 109 cm³/mol. The number of esters is 1. The number of nitrogens with one attached hydrogen (secondary N) is 1. The second-order valence-corrected chi connectivity index (χ2v) is 8.86. The van der Waals surface area contributed by atoms with Gasteiger partial charge < -0.3 is 9.64 Å². The lowest BCUT2D eigenvalue weighted by Crippen LogP contribution is -2.33. The summed E-state index contributed by atoms with van der Waals surface area (Å²) in [6.45, 7) is 5.03. The van der Waals surface area contributed by atoms with Gasteiger partial charge in [-0.05, 0) is 56.0 Å². The molecule has 0 amide bonds. The SMILES string of the molecule is COC(=O)c1cc(S(=O)(=O)NCCCN2c3ccccc3C[C@H]2C)ccc1C. The van der Waals surface area contributed by atoms with Crippen molar-refractivity contribution in [3.63, 3.8) is 0 Å². The van der Waals surface area contributed by atoms with Gasteiger partial charge in [-0.1, -0.05) is 24.3 Å². The Kier molecular flexibility index (Phi) is 6.05. The fraction of sp³-hybridized carbons (Fsp3) is 0.381. The Morgan fingerprint density at radius 3 is 2.75 bits per heavy atom. The molecule has 3 rings (SSSR count). The monoisotopic (exact) mass is 402 g/mol. The van der Waals surface area contributed by atoms with Crippen LogP contribution in [0.1, 0.15) is 34.8 Å². The van der Waals surface area contributed by atoms with Crippen LogP contribution in [0.2, 0.25) is 0 Å². The fourth-order valence-corrected chi connectivity index (χ4v) is 4.71. The third-order valence-electron chi connectivity index (χ3n) is 5.14. The average Bonchev–Trinajstić information content (AvgIpc) is 3.00. The number of rotatable bonds is 7. The van der Waals surface area contributed by atoms with Gasteiger partial charge in [0.05, 0.1) is 17.6 Å². The van der Waals surface area contributed by atoms with Gasteiger partial charge in [0.15, 0.2) is 0 Å². The second kappa shape index (κ2) is 8.32. The van der Waals surface area contributed by atoms with Crippen molar-refractivity contribution in [2.75, 3.05) is 25.1 Å². The molecule has 1 atom stereocenters. The van der Waals surface area contributed by atoms with Crippen molar-refractivity contribution in [1.29, 1.82) is 0 Å². The Bertz CT molecular complexity index is 972. The first-order chi connectivity index (χ1) is 13.3. The number of carbonyl (C=O) groups excluding carboxylic acids is 1. The Hall–Kier alpha value is -2.38. The van der Waals surface area contributed by atoms with E-state index in [4.69, 9.17) is 4.74 Å². The first kappa shape index (κ1) is 20.4. The molecular weight excluding hydrogens is 376 g/mol. The van der Waals surface area contributed by atoms with Crippen LogP contribution in [0.15, 0.2) is 47.4 Å². The summed E-state index contributed by atoms with van der Waals surface area (Å²) in [5.41, 5.74) is 3.50. The molecule has 2 aromatic carbocycles. The van der Waals surface area contributed by atoms with E-state index < -0.39 is 16.0 Å². The van der Waals surface area contributed by atoms with Crippen molar-refractivity contribution >= 4 is 21.7 Å². The molecule has 0 fully saturated rings. The lowest BCUT2D eigenvalue weighted by Gasteiger charge is -2.24. The Morgan fingerprint density at radius 1 is 1.25 bits per heavy atom. The van der Waals surface area contributed by atoms with Crippen molar-refractivity contribution in [2.24, 2.45) is 0 Å². The van der Waals surface area contributed by atoms with Crippen molar-refractivity contribution < 1.29 is 17.9 Å². The van der Waals surface area contributed by atoms with E-state index in [0.29, 0.717) is 24.6 Å². The highest BCUT2D eigenvalue weighted by molar-refractivity contribution is 7.89. The number of sulfonamides is 1. The smallest absolute Gasteiger partial charge is 0.338 e. The molecule has 1 N–H and O–H groups in total. The lowest BCUT2D eigenvalue weighted by molar-refractivity contribution is 0.0599. The number of methoxy groups -OCH3 is 1. The zero-order valence-electron chi connectivity index (χ0n) is 16.4. The maximum atomic E-state index is 12.6. The second-order valence-electron chi connectivity index (χ2n) is 7.09. The van der Waals surface area contributed by atoms with Gasteiger partial charge in [-0.3, -0.25) is 0 Å². The van der Waals surface area contributed by atoms with Crippen LogP contribution in [-0.2, 0) is 21.2 Å². The number of aryl methyl sites for hydroxylation is 1. The van der Waals surface area contributed by atoms with Crippen LogP contribution >= 0.6 is 0 Å². The zero-order valence-corrected chi connectivity index (χ0v) is 17.3. The summed E-state index contributed by atoms with van der Waals surface area (Å²) >= 11 is 0. The van der Waals surface area contributed by atoms with Gasteiger partial charge in [0.2, 0.25) is 10.0 Å². The van der Waals surface area contributed by atoms with Gasteiger partial charge in [0.25, 0.3) is 0 Å². The van der Waals surface area contributed by atoms with E-state index in [-0.39, 0.29) is 10.5 Å². The van der Waals surface area contributed by atoms with Gasteiger partial charge in [0.1, 0.15) is 0 Å². The van der Waals surface area contributed by atoms with Gasteiger partial charge in [-0.2, -0.15) is 0 Å². The summed E-state index contributed by atoms with van der Waals surface area (Å²) in [5, 5.41) is 0. The van der Waals surface area contributed by atoms with Crippen molar-refractivity contribution in [3.05, 3.63) is 59.2 Å². The van der Waals surface area contributed by atoms with Crippen LogP contribution in [0.25, 0.3) is 0 Å². The van der Waals surface area contributed by atoms with Crippen LogP contribution in [0.4, 0.5) is 5.69 Å². The molecule has 1 heterocycles. The predicted octanol–water partition coefficient (Wildman–Crippen LogP) is 2.90. The molecule has 0 bridgehead atoms. The molecule has 0 radical (unpaired) electrons. The van der Waals surface area contributed by atoms with Crippen LogP contribution < -0.4 is 9.62 Å². The van der Waals surface area contributed by atoms with Crippen molar-refractivity contribution in [3.8, 4) is 0 Å². The Labute approximate surface area is 166 Å². The number of nitrogens with zero attached hydrogens (tertiary/aromatic N) is 1. The molecule has 6 nitrogen and oxygen atoms in total. The molecule has 0 saturated carbocycles. The minimum atomic E-state index is -3.69. The van der Waals surface area contributed by atoms with E-state index in [9.17, 15) is 13.2 Å². The van der Waals surface area contributed by atoms with E-state index in [0.717, 1.165) is 13.0 Å². The maximum absolute atomic E-state index is 12.6. The summed E-state index contributed by atoms with van der Waals surface area (Å²) in [6, 6.07) is 13.2. The summed E-state index contributed by atoms with van der Waals surface area (Å²) in [7, 11) is -2.41. The van der Waals surface area contributed by atoms with E-state index in [1.165, 1.54) is 30.5 Å². The lowest BCUT2D eigenvalue weighted by atomic mass is 10.1. The van der Waals surface area contributed by atoms with Gasteiger partial charge in [0, 0.05) is 24.8 Å². The standard InChI is InChI=1S/C21H26N2O4S/c1-15-9-10-18(14-19(15)21(24)27-3)28(25,26)22-11-6-12-23-16(2)13-17-7-4-5-8-20(17)23/h4-5,7-10,14,16,22H,6,11-13H2,1-3H3/t16-/m1/s1. The van der Waals surface area contributed by atoms with E-state index in [1.54, 1.807) is 13.0 Å². The van der Waals surface area contributed by atoms with Gasteiger partial charge in [-0.25, -0.2) is 17.9 Å². The summed E-state index contributed by atoms with van der Waals surface area (Å²) in [6.07, 6.45) is 1.70. The summed E-state index contributed by atoms with van der Waals surface area (Å²) in [4.78, 5) is 14.2. The topological polar surface area (TPSA) is 75.7 Å². The molecule has 150 valence electrons. The number of hydrogen-bond acceptors (Lipinski definition) is 5. The molecule has 0 aromatic heterocycles. The third kappa shape index (κ3) is 4.20. The van der Waals surface area contributed by atoms with Gasteiger partial charge >= 0.3 is 5.97 Å². The first-order valence-electron chi connectivity index (χ1n) is 9.36. The third-order valence-corrected chi connectivity index (χ3v) is 6.60. The van der Waals surface area contributed by atoms with E-state index >= 15 is 0 Å². The first-order valence-corrected chi connectivity index (χ1v) is 10.8. The van der Waals surface area contributed by atoms with Crippen molar-refractivity contribution in [1.82, 2.24) is 4.72 Å². The summed E-state index contributed by atoms with van der Waals surface area (Å²) in [5.74, 6) is -0.545. The van der Waals surface area contributed by atoms with Gasteiger partial charge in [-0.15, -0.1) is 0 Å². The highest BCUT2D eigenvalue weighted by atomic mass is 32.2. The number of fused-ring (bicyclic) bond motifs is 1. The fourth-order valence-electron chi connectivity index (χ4n) is 3.61. The van der Waals surface area contributed by atoms with Crippen molar-refractivity contribution in [2.45, 2.75) is 37.6 Å². The Balaban J connectivity index is 1.61. The molecule has 2 aromatic rings. The largest absolute Gasteiger partial charge is 0.465 e.